The number of nitrogens with zero attached hydrogens (tertiary/aromatic N) is 1. The Morgan fingerprint density at radius 2 is 1.84 bits per heavy atom. The highest BCUT2D eigenvalue weighted by Crippen LogP contribution is 2.19. The summed E-state index contributed by atoms with van der Waals surface area (Å²) in [5.74, 6) is 0.112. The van der Waals surface area contributed by atoms with E-state index < -0.39 is 0 Å². The molecule has 0 spiro atoms. The van der Waals surface area contributed by atoms with Crippen LogP contribution in [0.5, 0.6) is 0 Å². The molecule has 2 unspecified atom stereocenters. The summed E-state index contributed by atoms with van der Waals surface area (Å²) in [6, 6.07) is 7.77. The zero-order chi connectivity index (χ0) is 13.8. The summed E-state index contributed by atoms with van der Waals surface area (Å²) in [5.41, 5.74) is 7.49. The summed E-state index contributed by atoms with van der Waals surface area (Å²) in [4.78, 5) is 2.27. The van der Waals surface area contributed by atoms with E-state index in [0.717, 1.165) is 30.8 Å². The Kier molecular flexibility index (Phi) is 4.52. The predicted octanol–water partition coefficient (Wildman–Crippen LogP) is 0.816. The molecular weight excluding hydrogens is 242 g/mol. The average Bonchev–Trinajstić information content (AvgIpc) is 2.81. The molecule has 1 aliphatic rings. The van der Waals surface area contributed by atoms with Crippen LogP contribution in [-0.4, -0.2) is 50.3 Å². The van der Waals surface area contributed by atoms with Crippen molar-refractivity contribution in [2.24, 2.45) is 5.73 Å². The second-order valence-corrected chi connectivity index (χ2v) is 4.81. The molecule has 19 heavy (non-hydrogen) atoms. The van der Waals surface area contributed by atoms with Crippen molar-refractivity contribution < 1.29 is 9.47 Å². The normalized spacial score (nSPS) is 23.7. The second-order valence-electron chi connectivity index (χ2n) is 4.81. The maximum atomic E-state index is 7.61. The van der Waals surface area contributed by atoms with Gasteiger partial charge in [0.05, 0.1) is 12.2 Å². The van der Waals surface area contributed by atoms with Gasteiger partial charge in [0.15, 0.2) is 0 Å². The molecule has 1 fully saturated rings. The first-order valence-electron chi connectivity index (χ1n) is 6.36. The first-order chi connectivity index (χ1) is 9.15. The largest absolute Gasteiger partial charge is 0.384 e. The van der Waals surface area contributed by atoms with Gasteiger partial charge in [-0.15, -0.1) is 0 Å². The Balaban J connectivity index is 2.08. The SMILES string of the molecule is COC1CN(Cc2ccccc2C(=N)N)CC1OC. The zero-order valence-corrected chi connectivity index (χ0v) is 11.4. The van der Waals surface area contributed by atoms with Crippen LogP contribution in [0, 0.1) is 5.41 Å². The lowest BCUT2D eigenvalue weighted by atomic mass is 10.1. The van der Waals surface area contributed by atoms with E-state index >= 15 is 0 Å². The number of hydrogen-bond acceptors (Lipinski definition) is 4. The van der Waals surface area contributed by atoms with Crippen LogP contribution in [0.25, 0.3) is 0 Å². The molecule has 0 saturated carbocycles. The molecule has 0 radical (unpaired) electrons. The van der Waals surface area contributed by atoms with Crippen LogP contribution >= 0.6 is 0 Å². The molecule has 104 valence electrons. The van der Waals surface area contributed by atoms with Gasteiger partial charge >= 0.3 is 0 Å². The highest BCUT2D eigenvalue weighted by molar-refractivity contribution is 5.96. The molecule has 5 nitrogen and oxygen atoms in total. The maximum Gasteiger partial charge on any atom is 0.123 e. The van der Waals surface area contributed by atoms with Crippen LogP contribution in [0.1, 0.15) is 11.1 Å². The lowest BCUT2D eigenvalue weighted by molar-refractivity contribution is -0.00461. The van der Waals surface area contributed by atoms with E-state index in [-0.39, 0.29) is 18.0 Å². The number of hydrogen-bond donors (Lipinski definition) is 2. The number of amidine groups is 1. The van der Waals surface area contributed by atoms with Crippen LogP contribution in [-0.2, 0) is 16.0 Å². The van der Waals surface area contributed by atoms with Crippen LogP contribution in [0.15, 0.2) is 24.3 Å². The van der Waals surface area contributed by atoms with E-state index in [2.05, 4.69) is 4.90 Å². The third-order valence-corrected chi connectivity index (χ3v) is 3.60. The summed E-state index contributed by atoms with van der Waals surface area (Å²) >= 11 is 0. The van der Waals surface area contributed by atoms with Gasteiger partial charge in [0.2, 0.25) is 0 Å². The number of likely N-dealkylation sites (tertiary alicyclic amines) is 1. The summed E-state index contributed by atoms with van der Waals surface area (Å²) in [7, 11) is 3.42. The third-order valence-electron chi connectivity index (χ3n) is 3.60. The Morgan fingerprint density at radius 1 is 1.26 bits per heavy atom. The summed E-state index contributed by atoms with van der Waals surface area (Å²) in [6.45, 7) is 2.43. The smallest absolute Gasteiger partial charge is 0.123 e. The van der Waals surface area contributed by atoms with Gasteiger partial charge in [-0.1, -0.05) is 24.3 Å². The fourth-order valence-corrected chi connectivity index (χ4v) is 2.56. The molecule has 0 aliphatic carbocycles. The Hall–Kier alpha value is -1.43. The van der Waals surface area contributed by atoms with Gasteiger partial charge in [0.25, 0.3) is 0 Å². The molecule has 1 aliphatic heterocycles. The highest BCUT2D eigenvalue weighted by Gasteiger charge is 2.32. The third kappa shape index (κ3) is 3.12. The fourth-order valence-electron chi connectivity index (χ4n) is 2.56. The van der Waals surface area contributed by atoms with Gasteiger partial charge in [0.1, 0.15) is 5.84 Å². The van der Waals surface area contributed by atoms with E-state index in [0.29, 0.717) is 0 Å². The zero-order valence-electron chi connectivity index (χ0n) is 11.4. The van der Waals surface area contributed by atoms with Crippen molar-refractivity contribution in [3.8, 4) is 0 Å². The molecule has 0 aromatic heterocycles. The van der Waals surface area contributed by atoms with Gasteiger partial charge in [0, 0.05) is 39.4 Å². The molecule has 1 aromatic carbocycles. The lowest BCUT2D eigenvalue weighted by Crippen LogP contribution is -2.27. The van der Waals surface area contributed by atoms with Crippen LogP contribution in [0.3, 0.4) is 0 Å². The standard InChI is InChI=1S/C14H21N3O2/c1-18-12-8-17(9-13(12)19-2)7-10-5-3-4-6-11(10)14(15)16/h3-6,12-13H,7-9H2,1-2H3,(H3,15,16). The van der Waals surface area contributed by atoms with Crippen LogP contribution in [0.4, 0.5) is 0 Å². The quantitative estimate of drug-likeness (QED) is 0.609. The minimum atomic E-state index is 0.106. The van der Waals surface area contributed by atoms with E-state index in [1.54, 1.807) is 14.2 Å². The number of benzene rings is 1. The number of nitrogen functional groups attached to an aromatic ring is 1. The molecule has 2 rings (SSSR count). The first kappa shape index (κ1) is 14.0. The highest BCUT2D eigenvalue weighted by atomic mass is 16.5. The molecule has 1 saturated heterocycles. The van der Waals surface area contributed by atoms with Crippen molar-refractivity contribution in [2.75, 3.05) is 27.3 Å². The molecule has 1 heterocycles. The van der Waals surface area contributed by atoms with E-state index in [1.807, 2.05) is 24.3 Å². The van der Waals surface area contributed by atoms with Crippen LogP contribution in [0.2, 0.25) is 0 Å². The predicted molar refractivity (Wildman–Crippen MR) is 74.3 cm³/mol. The van der Waals surface area contributed by atoms with Gasteiger partial charge in [-0.2, -0.15) is 0 Å². The van der Waals surface area contributed by atoms with E-state index in [9.17, 15) is 0 Å². The van der Waals surface area contributed by atoms with Gasteiger partial charge in [-0.25, -0.2) is 0 Å². The van der Waals surface area contributed by atoms with Crippen LogP contribution < -0.4 is 5.73 Å². The molecular formula is C14H21N3O2. The number of nitrogens with one attached hydrogen (secondary N) is 1. The second kappa shape index (κ2) is 6.14. The van der Waals surface area contributed by atoms with Crippen molar-refractivity contribution in [1.29, 1.82) is 5.41 Å². The summed E-state index contributed by atoms with van der Waals surface area (Å²) in [5, 5.41) is 7.61. The van der Waals surface area contributed by atoms with Crippen molar-refractivity contribution in [3.05, 3.63) is 35.4 Å². The van der Waals surface area contributed by atoms with Crippen molar-refractivity contribution in [2.45, 2.75) is 18.8 Å². The number of nitrogens with two attached hydrogens (primary N) is 1. The van der Waals surface area contributed by atoms with Crippen molar-refractivity contribution in [3.63, 3.8) is 0 Å². The minimum absolute atomic E-state index is 0.106. The Labute approximate surface area is 113 Å². The molecule has 5 heteroatoms. The number of rotatable bonds is 5. The van der Waals surface area contributed by atoms with Gasteiger partial charge < -0.3 is 15.2 Å². The number of methoxy groups -OCH3 is 2. The fraction of sp³-hybridized carbons (Fsp3) is 0.500. The first-order valence-corrected chi connectivity index (χ1v) is 6.36. The molecule has 2 atom stereocenters. The Morgan fingerprint density at radius 3 is 2.37 bits per heavy atom. The summed E-state index contributed by atoms with van der Waals surface area (Å²) < 4.78 is 10.9. The van der Waals surface area contributed by atoms with Crippen molar-refractivity contribution in [1.82, 2.24) is 4.90 Å². The van der Waals surface area contributed by atoms with E-state index in [4.69, 9.17) is 20.6 Å². The van der Waals surface area contributed by atoms with Crippen molar-refractivity contribution >= 4 is 5.84 Å². The molecule has 0 bridgehead atoms. The molecule has 3 N–H and O–H groups in total. The Bertz CT molecular complexity index is 438. The van der Waals surface area contributed by atoms with Gasteiger partial charge in [-0.05, 0) is 5.56 Å². The topological polar surface area (TPSA) is 71.6 Å². The number of ether oxygens (including phenoxy) is 2. The summed E-state index contributed by atoms with van der Waals surface area (Å²) in [6.07, 6.45) is 0.212. The average molecular weight is 263 g/mol. The molecule has 0 amide bonds. The van der Waals surface area contributed by atoms with Gasteiger partial charge in [-0.3, -0.25) is 10.3 Å². The molecule has 1 aromatic rings. The minimum Gasteiger partial charge on any atom is -0.384 e. The van der Waals surface area contributed by atoms with E-state index in [1.165, 1.54) is 0 Å². The lowest BCUT2D eigenvalue weighted by Gasteiger charge is -2.17. The monoisotopic (exact) mass is 263 g/mol. The maximum absolute atomic E-state index is 7.61.